The molecular formula is C16H18ClN3O4S. The first-order valence-corrected chi connectivity index (χ1v) is 8.98. The van der Waals surface area contributed by atoms with Crippen LogP contribution >= 0.6 is 23.4 Å². The third-order valence-electron chi connectivity index (χ3n) is 3.21. The highest BCUT2D eigenvalue weighted by molar-refractivity contribution is 8.15. The highest BCUT2D eigenvalue weighted by atomic mass is 35.5. The van der Waals surface area contributed by atoms with Gasteiger partial charge in [0.15, 0.2) is 5.17 Å². The zero-order chi connectivity index (χ0) is 18.2. The van der Waals surface area contributed by atoms with Gasteiger partial charge in [0.05, 0.1) is 19.2 Å². The first kappa shape index (κ1) is 19.3. The summed E-state index contributed by atoms with van der Waals surface area (Å²) < 4.78 is 5.69. The van der Waals surface area contributed by atoms with Crippen molar-refractivity contribution in [2.45, 2.75) is 31.4 Å². The van der Waals surface area contributed by atoms with Gasteiger partial charge in [-0.1, -0.05) is 36.7 Å². The van der Waals surface area contributed by atoms with Gasteiger partial charge in [-0.25, -0.2) is 0 Å². The van der Waals surface area contributed by atoms with E-state index in [1.54, 1.807) is 18.2 Å². The van der Waals surface area contributed by atoms with Gasteiger partial charge < -0.3 is 15.2 Å². The lowest BCUT2D eigenvalue weighted by atomic mass is 10.2. The van der Waals surface area contributed by atoms with Crippen molar-refractivity contribution in [3.05, 3.63) is 28.8 Å². The number of amides is 1. The van der Waals surface area contributed by atoms with E-state index in [1.807, 2.05) is 0 Å². The van der Waals surface area contributed by atoms with Gasteiger partial charge >= 0.3 is 5.97 Å². The van der Waals surface area contributed by atoms with Gasteiger partial charge in [0.1, 0.15) is 11.0 Å². The van der Waals surface area contributed by atoms with E-state index in [0.29, 0.717) is 22.9 Å². The number of benzene rings is 1. The monoisotopic (exact) mass is 383 g/mol. The Labute approximate surface area is 154 Å². The summed E-state index contributed by atoms with van der Waals surface area (Å²) in [5, 5.41) is 19.2. The molecule has 1 heterocycles. The van der Waals surface area contributed by atoms with Crippen molar-refractivity contribution in [3.63, 3.8) is 0 Å². The van der Waals surface area contributed by atoms with Gasteiger partial charge in [0, 0.05) is 10.6 Å². The number of carbonyl (C=O) groups excluding carboxylic acids is 1. The van der Waals surface area contributed by atoms with Crippen molar-refractivity contribution < 1.29 is 19.4 Å². The average molecular weight is 384 g/mol. The molecule has 0 saturated carbocycles. The third kappa shape index (κ3) is 6.06. The number of carboxylic acid groups (broad SMARTS) is 1. The Morgan fingerprint density at radius 1 is 1.52 bits per heavy atom. The molecule has 1 atom stereocenters. The molecule has 1 fully saturated rings. The molecule has 0 spiro atoms. The number of carboxylic acids is 1. The Morgan fingerprint density at radius 3 is 3.04 bits per heavy atom. The van der Waals surface area contributed by atoms with Crippen LogP contribution in [0.2, 0.25) is 5.02 Å². The summed E-state index contributed by atoms with van der Waals surface area (Å²) in [5.74, 6) is -0.772. The van der Waals surface area contributed by atoms with Gasteiger partial charge in [0.2, 0.25) is 5.91 Å². The average Bonchev–Trinajstić information content (AvgIpc) is 2.88. The lowest BCUT2D eigenvalue weighted by molar-refractivity contribution is -0.138. The summed E-state index contributed by atoms with van der Waals surface area (Å²) in [5.41, 5.74) is 0.671. The molecule has 1 aromatic rings. The minimum absolute atomic E-state index is 0.261. The maximum absolute atomic E-state index is 11.6. The minimum Gasteiger partial charge on any atom is -0.493 e. The van der Waals surface area contributed by atoms with Crippen molar-refractivity contribution in [1.82, 2.24) is 5.32 Å². The van der Waals surface area contributed by atoms with E-state index in [1.165, 1.54) is 6.21 Å². The fraction of sp³-hybridized carbons (Fsp3) is 0.375. The van der Waals surface area contributed by atoms with Crippen LogP contribution in [-0.2, 0) is 9.59 Å². The molecule has 0 aliphatic carbocycles. The van der Waals surface area contributed by atoms with Crippen LogP contribution in [0.5, 0.6) is 5.75 Å². The van der Waals surface area contributed by atoms with E-state index in [0.717, 1.165) is 24.6 Å². The first-order valence-electron chi connectivity index (χ1n) is 7.72. The molecule has 0 bridgehead atoms. The van der Waals surface area contributed by atoms with Crippen LogP contribution in [0.4, 0.5) is 0 Å². The minimum atomic E-state index is -1.04. The smallest absolute Gasteiger partial charge is 0.305 e. The number of nitrogens with one attached hydrogen (secondary N) is 1. The van der Waals surface area contributed by atoms with E-state index in [9.17, 15) is 9.59 Å². The summed E-state index contributed by atoms with van der Waals surface area (Å²) in [6, 6.07) is 5.21. The van der Waals surface area contributed by atoms with Crippen LogP contribution in [0, 0.1) is 0 Å². The second kappa shape index (κ2) is 9.43. The Bertz CT molecular complexity index is 709. The highest BCUT2D eigenvalue weighted by Gasteiger charge is 2.32. The maximum atomic E-state index is 11.6. The number of ether oxygens (including phenoxy) is 1. The van der Waals surface area contributed by atoms with Crippen LogP contribution in [0.3, 0.4) is 0 Å². The Balaban J connectivity index is 2.05. The van der Waals surface area contributed by atoms with E-state index in [2.05, 4.69) is 22.4 Å². The predicted molar refractivity (Wildman–Crippen MR) is 98.7 cm³/mol. The van der Waals surface area contributed by atoms with Crippen LogP contribution in [0.25, 0.3) is 0 Å². The number of amidine groups is 1. The number of nitrogens with zero attached hydrogens (tertiary/aromatic N) is 2. The third-order valence-corrected chi connectivity index (χ3v) is 4.52. The number of rotatable bonds is 8. The molecular weight excluding hydrogens is 366 g/mol. The SMILES string of the molecule is CCCCOc1ccc(Cl)cc1C=NN=C1NC(=O)C(CC(=O)O)S1. The van der Waals surface area contributed by atoms with Crippen molar-refractivity contribution in [1.29, 1.82) is 0 Å². The van der Waals surface area contributed by atoms with Crippen LogP contribution < -0.4 is 10.1 Å². The zero-order valence-corrected chi connectivity index (χ0v) is 15.1. The molecule has 2 N–H and O–H groups in total. The van der Waals surface area contributed by atoms with Gasteiger partial charge in [-0.3, -0.25) is 9.59 Å². The molecule has 0 aromatic heterocycles. The number of halogens is 1. The Hall–Kier alpha value is -2.06. The molecule has 134 valence electrons. The molecule has 25 heavy (non-hydrogen) atoms. The molecule has 1 aliphatic rings. The van der Waals surface area contributed by atoms with Crippen LogP contribution in [0.15, 0.2) is 28.4 Å². The standard InChI is InChI=1S/C16H18ClN3O4S/c1-2-3-6-24-12-5-4-11(17)7-10(12)9-18-20-16-19-15(23)13(25-16)8-14(21)22/h4-5,7,9,13H,2-3,6,8H2,1H3,(H,21,22)(H,19,20,23). The molecule has 1 aliphatic heterocycles. The summed E-state index contributed by atoms with van der Waals surface area (Å²) >= 11 is 7.04. The number of hydrogen-bond acceptors (Lipinski definition) is 6. The van der Waals surface area contributed by atoms with Gasteiger partial charge in [-0.05, 0) is 24.6 Å². The molecule has 1 amide bonds. The second-order valence-corrected chi connectivity index (χ2v) is 6.86. The van der Waals surface area contributed by atoms with E-state index in [4.69, 9.17) is 21.4 Å². The van der Waals surface area contributed by atoms with Gasteiger partial charge in [0.25, 0.3) is 0 Å². The normalized spacial score (nSPS) is 18.7. The Kier molecular flexibility index (Phi) is 7.27. The van der Waals surface area contributed by atoms with Crippen LogP contribution in [-0.4, -0.2) is 40.2 Å². The topological polar surface area (TPSA) is 100 Å². The number of thioether (sulfide) groups is 1. The second-order valence-electron chi connectivity index (χ2n) is 5.23. The summed E-state index contributed by atoms with van der Waals surface area (Å²) in [6.45, 7) is 2.67. The molecule has 9 heteroatoms. The van der Waals surface area contributed by atoms with Crippen molar-refractivity contribution in [2.24, 2.45) is 10.2 Å². The van der Waals surface area contributed by atoms with E-state index in [-0.39, 0.29) is 17.5 Å². The predicted octanol–water partition coefficient (Wildman–Crippen LogP) is 2.92. The Morgan fingerprint density at radius 2 is 2.32 bits per heavy atom. The maximum Gasteiger partial charge on any atom is 0.305 e. The van der Waals surface area contributed by atoms with Crippen molar-refractivity contribution in [3.8, 4) is 5.75 Å². The molecule has 1 saturated heterocycles. The molecule has 2 rings (SSSR count). The highest BCUT2D eigenvalue weighted by Crippen LogP contribution is 2.23. The number of unbranched alkanes of at least 4 members (excludes halogenated alkanes) is 1. The number of carbonyl (C=O) groups is 2. The lowest BCUT2D eigenvalue weighted by Crippen LogP contribution is -2.26. The summed E-state index contributed by atoms with van der Waals surface area (Å²) in [6.07, 6.45) is 3.19. The lowest BCUT2D eigenvalue weighted by Gasteiger charge is -2.08. The van der Waals surface area contributed by atoms with Gasteiger partial charge in [-0.15, -0.1) is 5.10 Å². The number of hydrogen-bond donors (Lipinski definition) is 2. The van der Waals surface area contributed by atoms with Crippen molar-refractivity contribution >= 4 is 46.6 Å². The number of aliphatic carboxylic acids is 1. The van der Waals surface area contributed by atoms with Crippen molar-refractivity contribution in [2.75, 3.05) is 6.61 Å². The summed E-state index contributed by atoms with van der Waals surface area (Å²) in [7, 11) is 0. The van der Waals surface area contributed by atoms with Gasteiger partial charge in [-0.2, -0.15) is 5.10 Å². The first-order chi connectivity index (χ1) is 12.0. The zero-order valence-electron chi connectivity index (χ0n) is 13.6. The fourth-order valence-electron chi connectivity index (χ4n) is 1.97. The molecule has 0 radical (unpaired) electrons. The quantitative estimate of drug-likeness (QED) is 0.408. The molecule has 7 nitrogen and oxygen atoms in total. The van der Waals surface area contributed by atoms with E-state index >= 15 is 0 Å². The largest absolute Gasteiger partial charge is 0.493 e. The van der Waals surface area contributed by atoms with Crippen LogP contribution in [0.1, 0.15) is 31.7 Å². The van der Waals surface area contributed by atoms with E-state index < -0.39 is 11.2 Å². The molecule has 1 unspecified atom stereocenters. The summed E-state index contributed by atoms with van der Waals surface area (Å²) in [4.78, 5) is 22.3. The fourth-order valence-corrected chi connectivity index (χ4v) is 3.06. The molecule has 1 aromatic carbocycles.